The first kappa shape index (κ1) is 13.5. The van der Waals surface area contributed by atoms with Crippen LogP contribution in [0.1, 0.15) is 15.9 Å². The third-order valence-electron chi connectivity index (χ3n) is 2.51. The average molecular weight is 325 g/mol. The molecule has 0 fully saturated rings. The molecule has 0 saturated heterocycles. The van der Waals surface area contributed by atoms with Gasteiger partial charge < -0.3 is 9.84 Å². The van der Waals surface area contributed by atoms with Crippen LogP contribution in [0.15, 0.2) is 46.9 Å². The molecule has 0 radical (unpaired) electrons. The molecule has 2 rings (SSSR count). The zero-order valence-electron chi connectivity index (χ0n) is 9.77. The van der Waals surface area contributed by atoms with Gasteiger partial charge in [-0.15, -0.1) is 0 Å². The lowest BCUT2D eigenvalue weighted by atomic mass is 10.2. The van der Waals surface area contributed by atoms with Crippen LogP contribution in [0.4, 0.5) is 4.39 Å². The van der Waals surface area contributed by atoms with Crippen LogP contribution < -0.4 is 4.74 Å². The summed E-state index contributed by atoms with van der Waals surface area (Å²) in [5.41, 5.74) is 0.768. The lowest BCUT2D eigenvalue weighted by molar-refractivity contribution is 0.0695. The number of carbonyl (C=O) groups is 1. The Kier molecular flexibility index (Phi) is 4.16. The molecule has 0 spiro atoms. The molecule has 0 amide bonds. The number of carboxylic acids is 1. The van der Waals surface area contributed by atoms with E-state index in [1.165, 1.54) is 12.1 Å². The summed E-state index contributed by atoms with van der Waals surface area (Å²) in [6.07, 6.45) is 0. The molecule has 19 heavy (non-hydrogen) atoms. The Bertz CT molecular complexity index is 599. The zero-order chi connectivity index (χ0) is 13.8. The summed E-state index contributed by atoms with van der Waals surface area (Å²) in [6.45, 7) is 0.219. The van der Waals surface area contributed by atoms with Crippen molar-refractivity contribution in [2.75, 3.05) is 0 Å². The Labute approximate surface area is 117 Å². The van der Waals surface area contributed by atoms with E-state index in [-0.39, 0.29) is 22.4 Å². The topological polar surface area (TPSA) is 46.5 Å². The van der Waals surface area contributed by atoms with Gasteiger partial charge in [-0.2, -0.15) is 0 Å². The molecule has 0 aliphatic carbocycles. The lowest BCUT2D eigenvalue weighted by Gasteiger charge is -2.09. The third kappa shape index (κ3) is 3.12. The lowest BCUT2D eigenvalue weighted by Crippen LogP contribution is -2.02. The van der Waals surface area contributed by atoms with E-state index in [1.807, 2.05) is 30.3 Å². The van der Waals surface area contributed by atoms with Crippen LogP contribution in [0.5, 0.6) is 5.75 Å². The van der Waals surface area contributed by atoms with Gasteiger partial charge in [-0.1, -0.05) is 30.3 Å². The Morgan fingerprint density at radius 3 is 2.53 bits per heavy atom. The fourth-order valence-corrected chi connectivity index (χ4v) is 2.04. The summed E-state index contributed by atoms with van der Waals surface area (Å²) in [5.74, 6) is -1.89. The van der Waals surface area contributed by atoms with Gasteiger partial charge in [0, 0.05) is 0 Å². The molecule has 0 heterocycles. The average Bonchev–Trinajstić information content (AvgIpc) is 2.41. The van der Waals surface area contributed by atoms with Crippen molar-refractivity contribution in [1.29, 1.82) is 0 Å². The van der Waals surface area contributed by atoms with E-state index in [0.717, 1.165) is 5.56 Å². The molecular weight excluding hydrogens is 315 g/mol. The highest BCUT2D eigenvalue weighted by molar-refractivity contribution is 9.10. The van der Waals surface area contributed by atoms with Gasteiger partial charge in [-0.25, -0.2) is 9.18 Å². The van der Waals surface area contributed by atoms with Gasteiger partial charge in [0.2, 0.25) is 0 Å². The van der Waals surface area contributed by atoms with Crippen molar-refractivity contribution >= 4 is 21.9 Å². The van der Waals surface area contributed by atoms with Crippen molar-refractivity contribution in [2.24, 2.45) is 0 Å². The van der Waals surface area contributed by atoms with Crippen LogP contribution >= 0.6 is 15.9 Å². The number of rotatable bonds is 4. The first-order valence-electron chi connectivity index (χ1n) is 5.47. The van der Waals surface area contributed by atoms with Crippen LogP contribution in [0, 0.1) is 5.82 Å². The number of hydrogen-bond acceptors (Lipinski definition) is 2. The molecule has 0 saturated carbocycles. The Balaban J connectivity index is 2.18. The Hall–Kier alpha value is -1.88. The fourth-order valence-electron chi connectivity index (χ4n) is 1.54. The number of carboxylic acid groups (broad SMARTS) is 1. The first-order valence-corrected chi connectivity index (χ1v) is 6.27. The van der Waals surface area contributed by atoms with E-state index < -0.39 is 11.8 Å². The molecule has 0 atom stereocenters. The summed E-state index contributed by atoms with van der Waals surface area (Å²) in [7, 11) is 0. The van der Waals surface area contributed by atoms with Crippen molar-refractivity contribution in [1.82, 2.24) is 0 Å². The van der Waals surface area contributed by atoms with Crippen LogP contribution in [0.25, 0.3) is 0 Å². The maximum atomic E-state index is 13.9. The second kappa shape index (κ2) is 5.84. The Morgan fingerprint density at radius 1 is 1.21 bits per heavy atom. The normalized spacial score (nSPS) is 10.2. The molecule has 0 unspecified atom stereocenters. The predicted octanol–water partition coefficient (Wildman–Crippen LogP) is 3.87. The zero-order valence-corrected chi connectivity index (χ0v) is 11.4. The van der Waals surface area contributed by atoms with Gasteiger partial charge in [0.25, 0.3) is 0 Å². The Morgan fingerprint density at radius 2 is 1.89 bits per heavy atom. The van der Waals surface area contributed by atoms with Crippen LogP contribution in [0.2, 0.25) is 0 Å². The molecule has 5 heteroatoms. The van der Waals surface area contributed by atoms with Gasteiger partial charge in [-0.3, -0.25) is 0 Å². The first-order chi connectivity index (χ1) is 9.09. The summed E-state index contributed by atoms with van der Waals surface area (Å²) in [6, 6.07) is 11.9. The molecule has 0 aromatic heterocycles. The van der Waals surface area contributed by atoms with E-state index in [4.69, 9.17) is 9.84 Å². The monoisotopic (exact) mass is 324 g/mol. The second-order valence-corrected chi connectivity index (χ2v) is 4.61. The van der Waals surface area contributed by atoms with Gasteiger partial charge in [0.15, 0.2) is 11.6 Å². The second-order valence-electron chi connectivity index (χ2n) is 3.82. The van der Waals surface area contributed by atoms with Crippen molar-refractivity contribution < 1.29 is 19.0 Å². The summed E-state index contributed by atoms with van der Waals surface area (Å²) in [4.78, 5) is 10.8. The maximum absolute atomic E-state index is 13.9. The van der Waals surface area contributed by atoms with E-state index in [9.17, 15) is 9.18 Å². The fraction of sp³-hybridized carbons (Fsp3) is 0.0714. The number of halogens is 2. The van der Waals surface area contributed by atoms with Crippen molar-refractivity contribution in [3.05, 3.63) is 63.9 Å². The van der Waals surface area contributed by atoms with E-state index in [1.54, 1.807) is 0 Å². The minimum Gasteiger partial charge on any atom is -0.486 e. The van der Waals surface area contributed by atoms with Crippen molar-refractivity contribution in [3.8, 4) is 5.75 Å². The summed E-state index contributed by atoms with van der Waals surface area (Å²) < 4.78 is 19.1. The molecule has 98 valence electrons. The summed E-state index contributed by atoms with van der Waals surface area (Å²) in [5, 5.41) is 8.85. The SMILES string of the molecule is O=C(O)c1ccc(OCc2ccccc2)c(F)c1Br. The molecule has 0 aliphatic heterocycles. The highest BCUT2D eigenvalue weighted by Crippen LogP contribution is 2.29. The minimum atomic E-state index is -1.19. The van der Waals surface area contributed by atoms with Crippen LogP contribution in [-0.2, 0) is 6.61 Å². The van der Waals surface area contributed by atoms with Crippen molar-refractivity contribution in [2.45, 2.75) is 6.61 Å². The molecule has 3 nitrogen and oxygen atoms in total. The van der Waals surface area contributed by atoms with Gasteiger partial charge >= 0.3 is 5.97 Å². The van der Waals surface area contributed by atoms with Gasteiger partial charge in [0.1, 0.15) is 6.61 Å². The van der Waals surface area contributed by atoms with E-state index in [2.05, 4.69) is 15.9 Å². The molecule has 0 bridgehead atoms. The van der Waals surface area contributed by atoms with Crippen LogP contribution in [0.3, 0.4) is 0 Å². The number of hydrogen-bond donors (Lipinski definition) is 1. The van der Waals surface area contributed by atoms with E-state index in [0.29, 0.717) is 0 Å². The van der Waals surface area contributed by atoms with Crippen LogP contribution in [-0.4, -0.2) is 11.1 Å². The molecule has 1 N–H and O–H groups in total. The maximum Gasteiger partial charge on any atom is 0.336 e. The number of ether oxygens (including phenoxy) is 1. The number of benzene rings is 2. The summed E-state index contributed by atoms with van der Waals surface area (Å²) >= 11 is 2.92. The van der Waals surface area contributed by atoms with Crippen molar-refractivity contribution in [3.63, 3.8) is 0 Å². The van der Waals surface area contributed by atoms with Gasteiger partial charge in [-0.05, 0) is 33.6 Å². The predicted molar refractivity (Wildman–Crippen MR) is 71.8 cm³/mol. The van der Waals surface area contributed by atoms with E-state index >= 15 is 0 Å². The minimum absolute atomic E-state index is 0.0146. The third-order valence-corrected chi connectivity index (χ3v) is 3.29. The van der Waals surface area contributed by atoms with Gasteiger partial charge in [0.05, 0.1) is 10.0 Å². The highest BCUT2D eigenvalue weighted by atomic mass is 79.9. The largest absolute Gasteiger partial charge is 0.486 e. The quantitative estimate of drug-likeness (QED) is 0.928. The smallest absolute Gasteiger partial charge is 0.336 e. The molecule has 2 aromatic carbocycles. The standard InChI is InChI=1S/C14H10BrFO3/c15-12-10(14(17)18)6-7-11(13(12)16)19-8-9-4-2-1-3-5-9/h1-7H,8H2,(H,17,18). The highest BCUT2D eigenvalue weighted by Gasteiger charge is 2.16. The number of aromatic carboxylic acids is 1. The molecule has 0 aliphatic rings. The molecular formula is C14H10BrFO3. The molecule has 2 aromatic rings.